The van der Waals surface area contributed by atoms with E-state index in [2.05, 4.69) is 5.32 Å². The molecule has 6 heteroatoms. The topological polar surface area (TPSA) is 15.3 Å². The maximum absolute atomic E-state index is 13.1. The quantitative estimate of drug-likeness (QED) is 0.861. The van der Waals surface area contributed by atoms with E-state index in [1.54, 1.807) is 0 Å². The summed E-state index contributed by atoms with van der Waals surface area (Å²) >= 11 is 0. The van der Waals surface area contributed by atoms with Gasteiger partial charge in [-0.1, -0.05) is 6.07 Å². The van der Waals surface area contributed by atoms with Crippen molar-refractivity contribution in [3.05, 3.63) is 35.1 Å². The lowest BCUT2D eigenvalue weighted by atomic mass is 10.0. The molecule has 2 rings (SSSR count). The van der Waals surface area contributed by atoms with Crippen molar-refractivity contribution in [2.75, 3.05) is 20.1 Å². The predicted octanol–water partition coefficient (Wildman–Crippen LogP) is 3.42. The Morgan fingerprint density at radius 2 is 2.00 bits per heavy atom. The number of nitrogens with one attached hydrogen (secondary N) is 1. The van der Waals surface area contributed by atoms with Crippen LogP contribution in [0.25, 0.3) is 0 Å². The van der Waals surface area contributed by atoms with Crippen LogP contribution < -0.4 is 5.32 Å². The summed E-state index contributed by atoms with van der Waals surface area (Å²) in [7, 11) is 1.83. The molecule has 0 saturated carbocycles. The molecule has 21 heavy (non-hydrogen) atoms. The van der Waals surface area contributed by atoms with Gasteiger partial charge in [0.1, 0.15) is 5.82 Å². The third-order valence-electron chi connectivity index (χ3n) is 3.97. The minimum atomic E-state index is -4.52. The maximum atomic E-state index is 13.1. The molecular formula is C15H20F4N2. The lowest BCUT2D eigenvalue weighted by molar-refractivity contribution is -0.138. The minimum Gasteiger partial charge on any atom is -0.317 e. The lowest BCUT2D eigenvalue weighted by Gasteiger charge is -2.28. The SMILES string of the molecule is CN(Cc1ccc(F)cc1C(F)(F)F)C1CCCNCC1. The zero-order chi connectivity index (χ0) is 15.5. The summed E-state index contributed by atoms with van der Waals surface area (Å²) in [5.41, 5.74) is -0.746. The first-order valence-corrected chi connectivity index (χ1v) is 7.14. The summed E-state index contributed by atoms with van der Waals surface area (Å²) in [6, 6.07) is 3.17. The van der Waals surface area contributed by atoms with Gasteiger partial charge in [0.25, 0.3) is 0 Å². The normalized spacial score (nSPS) is 20.6. The van der Waals surface area contributed by atoms with E-state index in [0.717, 1.165) is 38.4 Å². The third-order valence-corrected chi connectivity index (χ3v) is 3.97. The van der Waals surface area contributed by atoms with Gasteiger partial charge in [0.05, 0.1) is 5.56 Å². The molecule has 1 fully saturated rings. The standard InChI is InChI=1S/C15H20F4N2/c1-21(13-3-2-7-20-8-6-13)10-11-4-5-12(16)9-14(11)15(17,18)19/h4-5,9,13,20H,2-3,6-8,10H2,1H3. The van der Waals surface area contributed by atoms with E-state index in [9.17, 15) is 17.6 Å². The molecular weight excluding hydrogens is 284 g/mol. The van der Waals surface area contributed by atoms with Crippen LogP contribution >= 0.6 is 0 Å². The Hall–Kier alpha value is -1.14. The third kappa shape index (κ3) is 4.41. The Kier molecular flexibility index (Phi) is 5.22. The fourth-order valence-corrected chi connectivity index (χ4v) is 2.79. The van der Waals surface area contributed by atoms with Crippen LogP contribution in [0.5, 0.6) is 0 Å². The van der Waals surface area contributed by atoms with Gasteiger partial charge in [-0.3, -0.25) is 4.90 Å². The molecule has 1 aliphatic rings. The summed E-state index contributed by atoms with van der Waals surface area (Å²) in [4.78, 5) is 1.94. The highest BCUT2D eigenvalue weighted by molar-refractivity contribution is 5.30. The summed E-state index contributed by atoms with van der Waals surface area (Å²) < 4.78 is 52.1. The van der Waals surface area contributed by atoms with Crippen molar-refractivity contribution in [1.29, 1.82) is 0 Å². The van der Waals surface area contributed by atoms with Gasteiger partial charge >= 0.3 is 6.18 Å². The molecule has 1 saturated heterocycles. The lowest BCUT2D eigenvalue weighted by Crippen LogP contribution is -2.32. The van der Waals surface area contributed by atoms with E-state index in [1.165, 1.54) is 6.07 Å². The Balaban J connectivity index is 2.14. The molecule has 0 aromatic heterocycles. The smallest absolute Gasteiger partial charge is 0.317 e. The van der Waals surface area contributed by atoms with Crippen molar-refractivity contribution >= 4 is 0 Å². The van der Waals surface area contributed by atoms with Crippen molar-refractivity contribution in [2.24, 2.45) is 0 Å². The van der Waals surface area contributed by atoms with Gasteiger partial charge < -0.3 is 5.32 Å². The highest BCUT2D eigenvalue weighted by Crippen LogP contribution is 2.33. The number of halogens is 4. The van der Waals surface area contributed by atoms with Gasteiger partial charge in [0.15, 0.2) is 0 Å². The minimum absolute atomic E-state index is 0.128. The molecule has 1 aromatic rings. The molecule has 0 bridgehead atoms. The van der Waals surface area contributed by atoms with Crippen molar-refractivity contribution in [2.45, 2.75) is 38.0 Å². The number of benzene rings is 1. The first-order valence-electron chi connectivity index (χ1n) is 7.14. The first kappa shape index (κ1) is 16.2. The average Bonchev–Trinajstić information content (AvgIpc) is 2.68. The van der Waals surface area contributed by atoms with E-state index in [-0.39, 0.29) is 18.2 Å². The van der Waals surface area contributed by atoms with Crippen LogP contribution in [0.4, 0.5) is 17.6 Å². The molecule has 0 amide bonds. The maximum Gasteiger partial charge on any atom is 0.416 e. The molecule has 0 radical (unpaired) electrons. The number of rotatable bonds is 3. The number of hydrogen-bond donors (Lipinski definition) is 1. The van der Waals surface area contributed by atoms with Crippen LogP contribution in [0, 0.1) is 5.82 Å². The van der Waals surface area contributed by atoms with E-state index in [1.807, 2.05) is 11.9 Å². The van der Waals surface area contributed by atoms with E-state index in [4.69, 9.17) is 0 Å². The zero-order valence-electron chi connectivity index (χ0n) is 12.0. The first-order chi connectivity index (χ1) is 9.88. The molecule has 0 aliphatic carbocycles. The van der Waals surface area contributed by atoms with Crippen LogP contribution in [-0.2, 0) is 12.7 Å². The number of hydrogen-bond acceptors (Lipinski definition) is 2. The second kappa shape index (κ2) is 6.75. The summed E-state index contributed by atoms with van der Waals surface area (Å²) in [6.07, 6.45) is -1.63. The average molecular weight is 304 g/mol. The second-order valence-corrected chi connectivity index (χ2v) is 5.55. The molecule has 0 spiro atoms. The molecule has 1 aromatic carbocycles. The van der Waals surface area contributed by atoms with Crippen LogP contribution in [0.1, 0.15) is 30.4 Å². The summed E-state index contributed by atoms with van der Waals surface area (Å²) in [5.74, 6) is -0.854. The van der Waals surface area contributed by atoms with Crippen LogP contribution in [-0.4, -0.2) is 31.1 Å². The molecule has 1 atom stereocenters. The van der Waals surface area contributed by atoms with Crippen LogP contribution in [0.3, 0.4) is 0 Å². The van der Waals surface area contributed by atoms with Gasteiger partial charge in [-0.25, -0.2) is 4.39 Å². The Labute approximate surface area is 122 Å². The van der Waals surface area contributed by atoms with Crippen LogP contribution in [0.2, 0.25) is 0 Å². The van der Waals surface area contributed by atoms with Gasteiger partial charge in [0, 0.05) is 12.6 Å². The Bertz CT molecular complexity index is 465. The molecule has 2 nitrogen and oxygen atoms in total. The number of nitrogens with zero attached hydrogens (tertiary/aromatic N) is 1. The second-order valence-electron chi connectivity index (χ2n) is 5.55. The van der Waals surface area contributed by atoms with Crippen molar-refractivity contribution in [1.82, 2.24) is 10.2 Å². The number of alkyl halides is 3. The molecule has 118 valence electrons. The monoisotopic (exact) mass is 304 g/mol. The molecule has 1 N–H and O–H groups in total. The highest BCUT2D eigenvalue weighted by Gasteiger charge is 2.34. The molecule has 1 unspecified atom stereocenters. The van der Waals surface area contributed by atoms with Gasteiger partial charge in [-0.15, -0.1) is 0 Å². The fraction of sp³-hybridized carbons (Fsp3) is 0.600. The fourth-order valence-electron chi connectivity index (χ4n) is 2.79. The van der Waals surface area contributed by atoms with Crippen molar-refractivity contribution in [3.8, 4) is 0 Å². The summed E-state index contributed by atoms with van der Waals surface area (Å²) in [5, 5.41) is 3.28. The van der Waals surface area contributed by atoms with Crippen molar-refractivity contribution < 1.29 is 17.6 Å². The summed E-state index contributed by atoms with van der Waals surface area (Å²) in [6.45, 7) is 2.01. The highest BCUT2D eigenvalue weighted by atomic mass is 19.4. The largest absolute Gasteiger partial charge is 0.416 e. The molecule has 1 heterocycles. The molecule has 1 aliphatic heterocycles. The van der Waals surface area contributed by atoms with Crippen molar-refractivity contribution in [3.63, 3.8) is 0 Å². The predicted molar refractivity (Wildman–Crippen MR) is 73.4 cm³/mol. The Morgan fingerprint density at radius 1 is 1.24 bits per heavy atom. The van der Waals surface area contributed by atoms with Gasteiger partial charge in [0.2, 0.25) is 0 Å². The van der Waals surface area contributed by atoms with E-state index >= 15 is 0 Å². The van der Waals surface area contributed by atoms with E-state index in [0.29, 0.717) is 6.07 Å². The van der Waals surface area contributed by atoms with Crippen LogP contribution in [0.15, 0.2) is 18.2 Å². The Morgan fingerprint density at radius 3 is 2.71 bits per heavy atom. The van der Waals surface area contributed by atoms with Gasteiger partial charge in [-0.2, -0.15) is 13.2 Å². The zero-order valence-corrected chi connectivity index (χ0v) is 12.0. The van der Waals surface area contributed by atoms with Gasteiger partial charge in [-0.05, 0) is 57.1 Å². The van der Waals surface area contributed by atoms with E-state index < -0.39 is 17.6 Å².